The number of hydrogen-bond donors (Lipinski definition) is 1. The molecule has 0 aromatic carbocycles. The van der Waals surface area contributed by atoms with Crippen molar-refractivity contribution in [1.29, 1.82) is 0 Å². The number of amides is 1. The molecule has 2 fully saturated rings. The lowest BCUT2D eigenvalue weighted by Gasteiger charge is -2.28. The van der Waals surface area contributed by atoms with E-state index >= 15 is 0 Å². The number of aliphatic hydroxyl groups excluding tert-OH is 1. The summed E-state index contributed by atoms with van der Waals surface area (Å²) in [5.41, 5.74) is 0.147. The van der Waals surface area contributed by atoms with E-state index in [4.69, 9.17) is 4.74 Å². The average molecular weight is 256 g/mol. The van der Waals surface area contributed by atoms with Crippen LogP contribution in [0.15, 0.2) is 0 Å². The van der Waals surface area contributed by atoms with Crippen molar-refractivity contribution < 1.29 is 14.6 Å². The van der Waals surface area contributed by atoms with Gasteiger partial charge in [0.05, 0.1) is 0 Å². The first kappa shape index (κ1) is 13.6. The lowest BCUT2D eigenvalue weighted by Crippen LogP contribution is -2.39. The van der Waals surface area contributed by atoms with Crippen LogP contribution in [0.3, 0.4) is 0 Å². The molecule has 0 radical (unpaired) electrons. The zero-order chi connectivity index (χ0) is 13.2. The predicted molar refractivity (Wildman–Crippen MR) is 68.4 cm³/mol. The van der Waals surface area contributed by atoms with Crippen LogP contribution in [-0.2, 0) is 4.74 Å². The van der Waals surface area contributed by atoms with E-state index in [1.807, 2.05) is 0 Å². The highest BCUT2D eigenvalue weighted by molar-refractivity contribution is 5.66. The zero-order valence-electron chi connectivity index (χ0n) is 11.4. The smallest absolute Gasteiger partial charge is 0.409 e. The lowest BCUT2D eigenvalue weighted by molar-refractivity contribution is 0.0736. The largest absolute Gasteiger partial charge is 0.448 e. The van der Waals surface area contributed by atoms with Crippen LogP contribution in [0.5, 0.6) is 0 Å². The van der Waals surface area contributed by atoms with E-state index in [2.05, 4.69) is 4.90 Å². The van der Waals surface area contributed by atoms with Gasteiger partial charge in [-0.3, -0.25) is 4.90 Å². The molecule has 1 aliphatic heterocycles. The van der Waals surface area contributed by atoms with Gasteiger partial charge in [0.15, 0.2) is 0 Å². The van der Waals surface area contributed by atoms with Crippen molar-refractivity contribution in [1.82, 2.24) is 9.80 Å². The summed E-state index contributed by atoms with van der Waals surface area (Å²) >= 11 is 0. The summed E-state index contributed by atoms with van der Waals surface area (Å²) in [6.07, 6.45) is 4.23. The molecule has 0 unspecified atom stereocenters. The molecular formula is C13H24N2O3. The standard InChI is InChI=1S/C13H24N2O3/c1-14(2)12(17)18-8-11-4-3-7-15(11)9-13(10-16)5-6-13/h11,16H,3-10H2,1-2H3/t11-/m1/s1. The van der Waals surface area contributed by atoms with Crippen LogP contribution >= 0.6 is 0 Å². The second-order valence-electron chi connectivity index (χ2n) is 5.90. The molecule has 1 N–H and O–H groups in total. The van der Waals surface area contributed by atoms with E-state index in [1.165, 1.54) is 4.90 Å². The molecule has 18 heavy (non-hydrogen) atoms. The minimum absolute atomic E-state index is 0.147. The number of ether oxygens (including phenoxy) is 1. The second kappa shape index (κ2) is 5.45. The molecule has 1 aliphatic carbocycles. The minimum atomic E-state index is -0.273. The average Bonchev–Trinajstić information content (AvgIpc) is 2.99. The Morgan fingerprint density at radius 3 is 2.78 bits per heavy atom. The molecule has 2 rings (SSSR count). The van der Waals surface area contributed by atoms with Crippen LogP contribution in [0.1, 0.15) is 25.7 Å². The van der Waals surface area contributed by atoms with Crippen molar-refractivity contribution in [2.24, 2.45) is 5.41 Å². The van der Waals surface area contributed by atoms with E-state index in [-0.39, 0.29) is 18.1 Å². The molecule has 1 heterocycles. The maximum absolute atomic E-state index is 11.4. The number of carbonyl (C=O) groups excluding carboxylic acids is 1. The number of hydrogen-bond acceptors (Lipinski definition) is 4. The molecule has 1 saturated heterocycles. The normalized spacial score (nSPS) is 26.1. The predicted octanol–water partition coefficient (Wildman–Crippen LogP) is 0.921. The highest BCUT2D eigenvalue weighted by Crippen LogP contribution is 2.46. The maximum atomic E-state index is 11.4. The van der Waals surface area contributed by atoms with Crippen LogP contribution in [-0.4, -0.2) is 67.4 Å². The highest BCUT2D eigenvalue weighted by atomic mass is 16.6. The van der Waals surface area contributed by atoms with Gasteiger partial charge in [-0.15, -0.1) is 0 Å². The highest BCUT2D eigenvalue weighted by Gasteiger charge is 2.45. The molecule has 1 atom stereocenters. The number of likely N-dealkylation sites (tertiary alicyclic amines) is 1. The van der Waals surface area contributed by atoms with Crippen LogP contribution < -0.4 is 0 Å². The number of nitrogens with zero attached hydrogens (tertiary/aromatic N) is 2. The molecule has 104 valence electrons. The fraction of sp³-hybridized carbons (Fsp3) is 0.923. The Labute approximate surface area is 109 Å². The summed E-state index contributed by atoms with van der Waals surface area (Å²) < 4.78 is 5.27. The fourth-order valence-electron chi connectivity index (χ4n) is 2.56. The van der Waals surface area contributed by atoms with E-state index in [1.54, 1.807) is 14.1 Å². The van der Waals surface area contributed by atoms with Crippen LogP contribution in [0.2, 0.25) is 0 Å². The molecule has 5 nitrogen and oxygen atoms in total. The Balaban J connectivity index is 1.79. The summed E-state index contributed by atoms with van der Waals surface area (Å²) in [6.45, 7) is 2.77. The van der Waals surface area contributed by atoms with Crippen molar-refractivity contribution >= 4 is 6.09 Å². The molecule has 0 aromatic heterocycles. The van der Waals surface area contributed by atoms with Gasteiger partial charge in [-0.05, 0) is 32.2 Å². The summed E-state index contributed by atoms with van der Waals surface area (Å²) in [7, 11) is 3.39. The third-order valence-electron chi connectivity index (χ3n) is 4.09. The van der Waals surface area contributed by atoms with Gasteiger partial charge in [0.1, 0.15) is 6.61 Å². The van der Waals surface area contributed by atoms with Gasteiger partial charge >= 0.3 is 6.09 Å². The number of aliphatic hydroxyl groups is 1. The van der Waals surface area contributed by atoms with Gasteiger partial charge in [0.25, 0.3) is 0 Å². The van der Waals surface area contributed by atoms with Crippen molar-refractivity contribution in [3.05, 3.63) is 0 Å². The Kier molecular flexibility index (Phi) is 4.12. The third kappa shape index (κ3) is 3.14. The van der Waals surface area contributed by atoms with Gasteiger partial charge in [-0.1, -0.05) is 0 Å². The van der Waals surface area contributed by atoms with E-state index in [9.17, 15) is 9.90 Å². The zero-order valence-corrected chi connectivity index (χ0v) is 11.4. The van der Waals surface area contributed by atoms with Crippen molar-refractivity contribution in [3.8, 4) is 0 Å². The molecule has 0 spiro atoms. The van der Waals surface area contributed by atoms with Gasteiger partial charge in [-0.25, -0.2) is 4.79 Å². The molecule has 5 heteroatoms. The molecule has 0 aromatic rings. The third-order valence-corrected chi connectivity index (χ3v) is 4.09. The Morgan fingerprint density at radius 2 is 2.22 bits per heavy atom. The Bertz CT molecular complexity index is 303. The van der Waals surface area contributed by atoms with E-state index in [0.29, 0.717) is 12.6 Å². The fourth-order valence-corrected chi connectivity index (χ4v) is 2.56. The van der Waals surface area contributed by atoms with E-state index < -0.39 is 0 Å². The molecule has 1 amide bonds. The summed E-state index contributed by atoms with van der Waals surface area (Å²) in [5.74, 6) is 0. The van der Waals surface area contributed by atoms with E-state index in [0.717, 1.165) is 38.8 Å². The topological polar surface area (TPSA) is 53.0 Å². The Hall–Kier alpha value is -0.810. The van der Waals surface area contributed by atoms with Gasteiger partial charge in [0, 0.05) is 38.7 Å². The second-order valence-corrected chi connectivity index (χ2v) is 5.90. The lowest BCUT2D eigenvalue weighted by atomic mass is 10.1. The first-order valence-electron chi connectivity index (χ1n) is 6.75. The number of carbonyl (C=O) groups is 1. The van der Waals surface area contributed by atoms with Gasteiger partial charge in [0.2, 0.25) is 0 Å². The SMILES string of the molecule is CN(C)C(=O)OC[C@H]1CCCN1CC1(CO)CC1. The van der Waals surface area contributed by atoms with Crippen molar-refractivity contribution in [2.75, 3.05) is 40.4 Å². The molecule has 0 bridgehead atoms. The minimum Gasteiger partial charge on any atom is -0.448 e. The molecule has 1 saturated carbocycles. The van der Waals surface area contributed by atoms with Crippen LogP contribution in [0.4, 0.5) is 4.79 Å². The van der Waals surface area contributed by atoms with Gasteiger partial charge in [-0.2, -0.15) is 0 Å². The van der Waals surface area contributed by atoms with Crippen LogP contribution in [0, 0.1) is 5.41 Å². The molecular weight excluding hydrogens is 232 g/mol. The summed E-state index contributed by atoms with van der Waals surface area (Å²) in [4.78, 5) is 15.2. The first-order chi connectivity index (χ1) is 8.56. The quantitative estimate of drug-likeness (QED) is 0.795. The summed E-state index contributed by atoms with van der Waals surface area (Å²) in [6, 6.07) is 0.331. The maximum Gasteiger partial charge on any atom is 0.409 e. The van der Waals surface area contributed by atoms with Crippen molar-refractivity contribution in [2.45, 2.75) is 31.7 Å². The summed E-state index contributed by atoms with van der Waals surface area (Å²) in [5, 5.41) is 9.38. The number of rotatable bonds is 5. The Morgan fingerprint density at radius 1 is 1.50 bits per heavy atom. The molecule has 2 aliphatic rings. The monoisotopic (exact) mass is 256 g/mol. The first-order valence-corrected chi connectivity index (χ1v) is 6.75. The van der Waals surface area contributed by atoms with Crippen LogP contribution in [0.25, 0.3) is 0 Å². The van der Waals surface area contributed by atoms with Crippen molar-refractivity contribution in [3.63, 3.8) is 0 Å². The van der Waals surface area contributed by atoms with Gasteiger partial charge < -0.3 is 14.7 Å².